The first-order chi connectivity index (χ1) is 21.8. The van der Waals surface area contributed by atoms with Gasteiger partial charge in [0.1, 0.15) is 6.61 Å². The number of aryl methyl sites for hydroxylation is 1. The van der Waals surface area contributed by atoms with Gasteiger partial charge in [0.15, 0.2) is 11.5 Å². The normalized spacial score (nSPS) is 18.4. The van der Waals surface area contributed by atoms with Gasteiger partial charge in [0.05, 0.1) is 7.11 Å². The average Bonchev–Trinajstić information content (AvgIpc) is 3.01. The first kappa shape index (κ1) is 39.6. The summed E-state index contributed by atoms with van der Waals surface area (Å²) in [6.07, 6.45) is 8.12. The Morgan fingerprint density at radius 3 is 1.83 bits per heavy atom. The molecule has 0 bridgehead atoms. The van der Waals surface area contributed by atoms with E-state index in [-0.39, 0.29) is 5.91 Å². The van der Waals surface area contributed by atoms with Crippen LogP contribution < -0.4 is 14.8 Å². The second-order valence-corrected chi connectivity index (χ2v) is 11.0. The molecule has 256 valence electrons. The lowest BCUT2D eigenvalue weighted by Crippen LogP contribution is -2.45. The number of methoxy groups -OCH3 is 1. The van der Waals surface area contributed by atoms with Gasteiger partial charge in [0.25, 0.3) is 0 Å². The summed E-state index contributed by atoms with van der Waals surface area (Å²) in [6.45, 7) is 8.30. The van der Waals surface area contributed by atoms with Gasteiger partial charge >= 0.3 is 23.9 Å². The van der Waals surface area contributed by atoms with Crippen LogP contribution in [0.25, 0.3) is 0 Å². The third-order valence-electron chi connectivity index (χ3n) is 7.25. The van der Waals surface area contributed by atoms with Crippen molar-refractivity contribution in [2.24, 2.45) is 5.92 Å². The number of benzene rings is 1. The Balaban J connectivity index is 0.000000545. The van der Waals surface area contributed by atoms with Crippen LogP contribution in [0.5, 0.6) is 11.5 Å². The Morgan fingerprint density at radius 2 is 1.35 bits per heavy atom. The van der Waals surface area contributed by atoms with Gasteiger partial charge < -0.3 is 40.1 Å². The van der Waals surface area contributed by atoms with Crippen molar-refractivity contribution < 1.29 is 53.9 Å². The largest absolute Gasteiger partial charge is 0.493 e. The van der Waals surface area contributed by atoms with Crippen molar-refractivity contribution >= 4 is 29.8 Å². The molecule has 2 aliphatic rings. The summed E-state index contributed by atoms with van der Waals surface area (Å²) in [4.78, 5) is 55.3. The summed E-state index contributed by atoms with van der Waals surface area (Å²) in [5.74, 6) is -2.56. The lowest BCUT2D eigenvalue weighted by atomic mass is 9.87. The highest BCUT2D eigenvalue weighted by molar-refractivity contribution is 5.90. The van der Waals surface area contributed by atoms with Gasteiger partial charge in [-0.1, -0.05) is 13.0 Å². The van der Waals surface area contributed by atoms with Crippen molar-refractivity contribution in [3.63, 3.8) is 0 Å². The minimum Gasteiger partial charge on any atom is -0.493 e. The minimum atomic E-state index is -1.26. The van der Waals surface area contributed by atoms with Gasteiger partial charge in [-0.15, -0.1) is 0 Å². The monoisotopic (exact) mass is 649 g/mol. The molecule has 5 N–H and O–H groups in total. The van der Waals surface area contributed by atoms with Crippen molar-refractivity contribution in [1.82, 2.24) is 15.1 Å². The van der Waals surface area contributed by atoms with Crippen molar-refractivity contribution in [1.29, 1.82) is 0 Å². The van der Waals surface area contributed by atoms with Crippen LogP contribution in [0.2, 0.25) is 0 Å². The first-order valence-electron chi connectivity index (χ1n) is 15.1. The number of piperazine rings is 1. The van der Waals surface area contributed by atoms with Crippen molar-refractivity contribution in [3.05, 3.63) is 48.1 Å². The zero-order chi connectivity index (χ0) is 34.5. The third-order valence-corrected chi connectivity index (χ3v) is 7.25. The number of hydrogen-bond acceptors (Lipinski definition) is 9. The number of carboxylic acid groups (broad SMARTS) is 4. The number of likely N-dealkylation sites (N-methyl/N-ethyl adjacent to an activating group) is 1. The number of nitrogens with zero attached hydrogens (tertiary/aromatic N) is 2. The first-order valence-corrected chi connectivity index (χ1v) is 15.1. The number of carboxylic acids is 4. The SMILES string of the molecule is COc1cc(CCC(=O)NC2CCC(C)CC2)ccc1OCCN1CCN(C)CC1.O=C(O)C=CC(=O)O.O=C(O)C=CC(=O)O. The molecule has 1 aromatic rings. The molecule has 46 heavy (non-hydrogen) atoms. The number of aliphatic carboxylic acids is 4. The molecule has 1 heterocycles. The summed E-state index contributed by atoms with van der Waals surface area (Å²) in [6, 6.07) is 6.38. The van der Waals surface area contributed by atoms with Crippen LogP contribution in [0.15, 0.2) is 42.5 Å². The van der Waals surface area contributed by atoms with Crippen molar-refractivity contribution in [2.75, 3.05) is 53.5 Å². The lowest BCUT2D eigenvalue weighted by molar-refractivity contribution is -0.134. The molecule has 0 radical (unpaired) electrons. The molecule has 14 heteroatoms. The van der Waals surface area contributed by atoms with Gasteiger partial charge in [-0.25, -0.2) is 19.2 Å². The smallest absolute Gasteiger partial charge is 0.328 e. The molecule has 3 rings (SSSR count). The van der Waals surface area contributed by atoms with Crippen LogP contribution in [0.1, 0.15) is 44.6 Å². The predicted molar refractivity (Wildman–Crippen MR) is 169 cm³/mol. The summed E-state index contributed by atoms with van der Waals surface area (Å²) < 4.78 is 11.5. The van der Waals surface area contributed by atoms with E-state index in [9.17, 15) is 24.0 Å². The van der Waals surface area contributed by atoms with E-state index in [0.717, 1.165) is 68.5 Å². The number of ether oxygens (including phenoxy) is 2. The van der Waals surface area contributed by atoms with E-state index in [4.69, 9.17) is 29.9 Å². The van der Waals surface area contributed by atoms with Crippen molar-refractivity contribution in [3.8, 4) is 11.5 Å². The Morgan fingerprint density at radius 1 is 0.826 bits per heavy atom. The number of carbonyl (C=O) groups is 5. The van der Waals surface area contributed by atoms with Gasteiger partial charge in [-0.05, 0) is 62.8 Å². The Hall–Kier alpha value is -4.43. The molecule has 2 fully saturated rings. The molecular weight excluding hydrogens is 602 g/mol. The molecule has 1 aliphatic heterocycles. The number of rotatable bonds is 13. The highest BCUT2D eigenvalue weighted by atomic mass is 16.5. The Labute approximate surface area is 269 Å². The molecule has 0 spiro atoms. The molecule has 1 aromatic carbocycles. The molecule has 0 unspecified atom stereocenters. The highest BCUT2D eigenvalue weighted by Crippen LogP contribution is 2.29. The van der Waals surface area contributed by atoms with E-state index >= 15 is 0 Å². The molecule has 0 aromatic heterocycles. The second kappa shape index (κ2) is 22.1. The van der Waals surface area contributed by atoms with Gasteiger partial charge in [-0.2, -0.15) is 0 Å². The lowest BCUT2D eigenvalue weighted by Gasteiger charge is -2.32. The predicted octanol–water partition coefficient (Wildman–Crippen LogP) is 2.37. The van der Waals surface area contributed by atoms with E-state index in [1.807, 2.05) is 18.2 Å². The summed E-state index contributed by atoms with van der Waals surface area (Å²) in [7, 11) is 3.84. The second-order valence-electron chi connectivity index (χ2n) is 11.0. The fraction of sp³-hybridized carbons (Fsp3) is 0.531. The van der Waals surface area contributed by atoms with E-state index in [0.29, 0.717) is 49.8 Å². The fourth-order valence-corrected chi connectivity index (χ4v) is 4.59. The molecule has 1 saturated heterocycles. The Bertz CT molecular complexity index is 1120. The maximum atomic E-state index is 12.3. The van der Waals surface area contributed by atoms with Crippen LogP contribution in [0.4, 0.5) is 0 Å². The van der Waals surface area contributed by atoms with E-state index in [1.165, 1.54) is 12.8 Å². The van der Waals surface area contributed by atoms with Gasteiger partial charge in [0.2, 0.25) is 5.91 Å². The highest BCUT2D eigenvalue weighted by Gasteiger charge is 2.20. The van der Waals surface area contributed by atoms with E-state index in [2.05, 4.69) is 29.1 Å². The van der Waals surface area contributed by atoms with Gasteiger partial charge in [0, 0.05) is 69.5 Å². The molecular formula is C32H47N3O11. The van der Waals surface area contributed by atoms with Crippen LogP contribution in [-0.4, -0.2) is 120 Å². The number of amides is 1. The molecule has 14 nitrogen and oxygen atoms in total. The number of nitrogens with one attached hydrogen (secondary N) is 1. The number of hydrogen-bond donors (Lipinski definition) is 5. The van der Waals surface area contributed by atoms with E-state index in [1.54, 1.807) is 7.11 Å². The van der Waals surface area contributed by atoms with E-state index < -0.39 is 23.9 Å². The van der Waals surface area contributed by atoms with Crippen LogP contribution in [-0.2, 0) is 30.4 Å². The zero-order valence-electron chi connectivity index (χ0n) is 26.7. The Kier molecular flexibility index (Phi) is 19.1. The quantitative estimate of drug-likeness (QED) is 0.195. The summed E-state index contributed by atoms with van der Waals surface area (Å²) in [5.41, 5.74) is 1.10. The maximum absolute atomic E-state index is 12.3. The molecule has 1 amide bonds. The summed E-state index contributed by atoms with van der Waals surface area (Å²) in [5, 5.41) is 34.5. The summed E-state index contributed by atoms with van der Waals surface area (Å²) >= 11 is 0. The topological polar surface area (TPSA) is 203 Å². The third kappa shape index (κ3) is 19.1. The maximum Gasteiger partial charge on any atom is 0.328 e. The molecule has 1 aliphatic carbocycles. The average molecular weight is 650 g/mol. The van der Waals surface area contributed by atoms with Crippen LogP contribution in [0, 0.1) is 5.92 Å². The van der Waals surface area contributed by atoms with Crippen LogP contribution in [0.3, 0.4) is 0 Å². The van der Waals surface area contributed by atoms with Crippen LogP contribution >= 0.6 is 0 Å². The molecule has 1 saturated carbocycles. The van der Waals surface area contributed by atoms with Gasteiger partial charge in [-0.3, -0.25) is 9.69 Å². The molecule has 0 atom stereocenters. The minimum absolute atomic E-state index is 0.154. The standard InChI is InChI=1S/C24H39N3O3.2C4H4O4/c1-19-4-8-21(9-5-19)25-24(28)11-7-20-6-10-22(23(18-20)29-3)30-17-16-27-14-12-26(2)13-15-27;2*5-3(6)1-2-4(7)8/h6,10,18-19,21H,4-5,7-9,11-17H2,1-3H3,(H,25,28);2*1-2H,(H,5,6)(H,7,8). The fourth-order valence-electron chi connectivity index (χ4n) is 4.59. The van der Waals surface area contributed by atoms with Crippen molar-refractivity contribution in [2.45, 2.75) is 51.5 Å². The number of carbonyl (C=O) groups excluding carboxylic acids is 1. The zero-order valence-corrected chi connectivity index (χ0v) is 26.7.